The highest BCUT2D eigenvalue weighted by Gasteiger charge is 2.52. The normalized spacial score (nSPS) is 18.6. The molecule has 1 atom stereocenters. The van der Waals surface area contributed by atoms with Gasteiger partial charge in [0.05, 0.1) is 5.69 Å². The highest BCUT2D eigenvalue weighted by molar-refractivity contribution is 8.00. The highest BCUT2D eigenvalue weighted by Crippen LogP contribution is 2.46. The Hall–Kier alpha value is -2.12. The van der Waals surface area contributed by atoms with Gasteiger partial charge in [0.15, 0.2) is 11.8 Å². The molecule has 3 rings (SSSR count). The van der Waals surface area contributed by atoms with Gasteiger partial charge in [-0.15, -0.1) is 0 Å². The second kappa shape index (κ2) is 7.48. The Labute approximate surface area is 164 Å². The Morgan fingerprint density at radius 1 is 1.11 bits per heavy atom. The molecule has 0 aliphatic carbocycles. The number of halogens is 4. The van der Waals surface area contributed by atoms with Crippen molar-refractivity contribution < 1.29 is 18.0 Å². The van der Waals surface area contributed by atoms with Gasteiger partial charge in [-0.2, -0.15) is 13.2 Å². The van der Waals surface area contributed by atoms with E-state index in [9.17, 15) is 18.0 Å². The van der Waals surface area contributed by atoms with Gasteiger partial charge in [0.1, 0.15) is 0 Å². The summed E-state index contributed by atoms with van der Waals surface area (Å²) in [5, 5.41) is 0.495. The van der Waals surface area contributed by atoms with E-state index >= 15 is 0 Å². The lowest BCUT2D eigenvalue weighted by Gasteiger charge is -2.39. The summed E-state index contributed by atoms with van der Waals surface area (Å²) < 4.78 is 43.3. The largest absolute Gasteiger partial charge is 0.414 e. The van der Waals surface area contributed by atoms with Crippen molar-refractivity contribution >= 4 is 35.0 Å². The number of nitrogens with zero attached hydrogens (tertiary/aromatic N) is 2. The summed E-state index contributed by atoms with van der Waals surface area (Å²) in [6.07, 6.45) is -3.39. The lowest BCUT2D eigenvalue weighted by Crippen LogP contribution is -2.49. The molecular formula is C19H16ClF3N2OS. The Bertz CT molecular complexity index is 881. The molecule has 2 aromatic carbocycles. The van der Waals surface area contributed by atoms with Gasteiger partial charge in [-0.25, -0.2) is 0 Å². The molecule has 0 spiro atoms. The number of para-hydroxylation sites is 1. The predicted octanol–water partition coefficient (Wildman–Crippen LogP) is 5.43. The molecule has 0 radical (unpaired) electrons. The van der Waals surface area contributed by atoms with Gasteiger partial charge in [0.25, 0.3) is 0 Å². The molecule has 27 heavy (non-hydrogen) atoms. The quantitative estimate of drug-likeness (QED) is 0.495. The first-order valence-corrected chi connectivity index (χ1v) is 9.15. The third kappa shape index (κ3) is 4.09. The van der Waals surface area contributed by atoms with E-state index in [1.807, 2.05) is 0 Å². The van der Waals surface area contributed by atoms with Crippen LogP contribution in [0.4, 0.5) is 18.9 Å². The Balaban J connectivity index is 2.17. The van der Waals surface area contributed by atoms with E-state index in [1.54, 1.807) is 56.6 Å². The van der Waals surface area contributed by atoms with Crippen molar-refractivity contribution in [3.63, 3.8) is 0 Å². The Morgan fingerprint density at radius 3 is 2.33 bits per heavy atom. The zero-order chi connectivity index (χ0) is 19.8. The van der Waals surface area contributed by atoms with E-state index in [-0.39, 0.29) is 16.8 Å². The summed E-state index contributed by atoms with van der Waals surface area (Å²) in [6, 6.07) is 10.8. The van der Waals surface area contributed by atoms with Crippen molar-refractivity contribution in [2.24, 2.45) is 0 Å². The van der Waals surface area contributed by atoms with Crippen LogP contribution in [0.3, 0.4) is 0 Å². The standard InChI is InChI=1S/C19H16ClF3N2OS/c1-24(2)11-15-17(26)14-5-3-4-6-16(14)25(18(15)19(21,22)23)27-13-9-7-12(20)8-10-13/h3-11,18H,1-2H3/b15-11+. The number of alkyl halides is 3. The fraction of sp³-hybridized carbons (Fsp3) is 0.211. The van der Waals surface area contributed by atoms with Crippen LogP contribution in [0.25, 0.3) is 0 Å². The monoisotopic (exact) mass is 412 g/mol. The summed E-state index contributed by atoms with van der Waals surface area (Å²) in [4.78, 5) is 14.8. The van der Waals surface area contributed by atoms with Crippen LogP contribution in [0.15, 0.2) is 65.2 Å². The van der Waals surface area contributed by atoms with E-state index in [4.69, 9.17) is 11.6 Å². The minimum atomic E-state index is -4.63. The van der Waals surface area contributed by atoms with Gasteiger partial charge in [0, 0.05) is 41.3 Å². The second-order valence-electron chi connectivity index (χ2n) is 6.21. The van der Waals surface area contributed by atoms with Crippen LogP contribution in [-0.2, 0) is 0 Å². The van der Waals surface area contributed by atoms with E-state index in [1.165, 1.54) is 17.2 Å². The number of ketones is 1. The molecule has 0 saturated carbocycles. The predicted molar refractivity (Wildman–Crippen MR) is 102 cm³/mol. The molecule has 1 aliphatic rings. The number of hydrogen-bond donors (Lipinski definition) is 0. The van der Waals surface area contributed by atoms with Crippen LogP contribution in [0.5, 0.6) is 0 Å². The molecule has 2 aromatic rings. The smallest absolute Gasteiger partial charge is 0.383 e. The molecule has 0 N–H and O–H groups in total. The molecule has 0 aromatic heterocycles. The summed E-state index contributed by atoms with van der Waals surface area (Å²) in [5.74, 6) is -0.616. The van der Waals surface area contributed by atoms with Crippen molar-refractivity contribution in [2.75, 3.05) is 18.4 Å². The Kier molecular flexibility index (Phi) is 5.44. The van der Waals surface area contributed by atoms with E-state index in [0.29, 0.717) is 9.92 Å². The van der Waals surface area contributed by atoms with E-state index < -0.39 is 18.0 Å². The molecule has 1 aliphatic heterocycles. The zero-order valence-corrected chi connectivity index (χ0v) is 16.1. The molecule has 142 valence electrons. The van der Waals surface area contributed by atoms with Crippen molar-refractivity contribution in [2.45, 2.75) is 17.1 Å². The van der Waals surface area contributed by atoms with Crippen LogP contribution in [-0.4, -0.2) is 37.0 Å². The third-order valence-electron chi connectivity index (χ3n) is 3.90. The van der Waals surface area contributed by atoms with E-state index in [0.717, 1.165) is 16.3 Å². The first-order valence-electron chi connectivity index (χ1n) is 8.00. The summed E-state index contributed by atoms with van der Waals surface area (Å²) in [5.41, 5.74) is 0.168. The topological polar surface area (TPSA) is 23.6 Å². The molecule has 0 bridgehead atoms. The fourth-order valence-corrected chi connectivity index (χ4v) is 4.04. The minimum absolute atomic E-state index is 0.237. The fourth-order valence-electron chi connectivity index (χ4n) is 2.83. The van der Waals surface area contributed by atoms with Crippen molar-refractivity contribution in [3.05, 3.63) is 70.9 Å². The van der Waals surface area contributed by atoms with E-state index in [2.05, 4.69) is 0 Å². The lowest BCUT2D eigenvalue weighted by atomic mass is 9.91. The maximum Gasteiger partial charge on any atom is 0.414 e. The number of anilines is 1. The van der Waals surface area contributed by atoms with Crippen molar-refractivity contribution in [3.8, 4) is 0 Å². The van der Waals surface area contributed by atoms with Gasteiger partial charge in [-0.1, -0.05) is 23.7 Å². The van der Waals surface area contributed by atoms with Crippen LogP contribution in [0, 0.1) is 0 Å². The number of carbonyl (C=O) groups is 1. The minimum Gasteiger partial charge on any atom is -0.383 e. The molecule has 0 saturated heterocycles. The molecule has 3 nitrogen and oxygen atoms in total. The van der Waals surface area contributed by atoms with Crippen LogP contribution < -0.4 is 4.31 Å². The second-order valence-corrected chi connectivity index (χ2v) is 7.69. The molecule has 8 heteroatoms. The molecule has 0 fully saturated rings. The number of fused-ring (bicyclic) bond motifs is 1. The van der Waals surface area contributed by atoms with Crippen LogP contribution in [0.1, 0.15) is 10.4 Å². The average molecular weight is 413 g/mol. The SMILES string of the molecule is CN(C)/C=C1\C(=O)c2ccccc2N(Sc2ccc(Cl)cc2)C1C(F)(F)F. The summed E-state index contributed by atoms with van der Waals surface area (Å²) >= 11 is 6.80. The zero-order valence-electron chi connectivity index (χ0n) is 14.5. The summed E-state index contributed by atoms with van der Waals surface area (Å²) in [6.45, 7) is 0. The third-order valence-corrected chi connectivity index (χ3v) is 5.24. The van der Waals surface area contributed by atoms with Crippen LogP contribution >= 0.6 is 23.5 Å². The average Bonchev–Trinajstić information content (AvgIpc) is 2.59. The van der Waals surface area contributed by atoms with Gasteiger partial charge in [-0.3, -0.25) is 9.10 Å². The lowest BCUT2D eigenvalue weighted by molar-refractivity contribution is -0.137. The number of carbonyl (C=O) groups excluding carboxylic acids is 1. The van der Waals surface area contributed by atoms with Gasteiger partial charge in [0.2, 0.25) is 0 Å². The molecule has 1 heterocycles. The van der Waals surface area contributed by atoms with Crippen molar-refractivity contribution in [1.82, 2.24) is 4.90 Å². The number of hydrogen-bond acceptors (Lipinski definition) is 4. The molecule has 1 unspecified atom stereocenters. The first-order chi connectivity index (χ1) is 12.7. The van der Waals surface area contributed by atoms with Gasteiger partial charge in [-0.05, 0) is 48.3 Å². The molecule has 0 amide bonds. The maximum atomic E-state index is 14.0. The molecular weight excluding hydrogens is 397 g/mol. The van der Waals surface area contributed by atoms with Gasteiger partial charge >= 0.3 is 6.18 Å². The Morgan fingerprint density at radius 2 is 1.74 bits per heavy atom. The van der Waals surface area contributed by atoms with Crippen molar-refractivity contribution in [1.29, 1.82) is 0 Å². The number of Topliss-reactive ketones (excluding diaryl/α,β-unsaturated/α-hetero) is 1. The number of rotatable bonds is 3. The summed E-state index contributed by atoms with van der Waals surface area (Å²) in [7, 11) is 3.18. The van der Waals surface area contributed by atoms with Crippen LogP contribution in [0.2, 0.25) is 5.02 Å². The number of benzene rings is 2. The van der Waals surface area contributed by atoms with Gasteiger partial charge < -0.3 is 4.90 Å². The first kappa shape index (κ1) is 19.6. The highest BCUT2D eigenvalue weighted by atomic mass is 35.5. The maximum absolute atomic E-state index is 14.0.